The lowest BCUT2D eigenvalue weighted by molar-refractivity contribution is -0.125. The van der Waals surface area contributed by atoms with Gasteiger partial charge in [0, 0.05) is 26.8 Å². The lowest BCUT2D eigenvalue weighted by atomic mass is 10.0. The highest BCUT2D eigenvalue weighted by atomic mass is 16.5. The molecular formula is C17H28N2O2. The first-order valence-corrected chi connectivity index (χ1v) is 7.58. The van der Waals surface area contributed by atoms with Crippen LogP contribution in [0.2, 0.25) is 0 Å². The standard InChI is InChI=1S/C17H28N2O2/c1-14(16-9-6-5-7-10-16)13-18-17(20)15(2)19(3)11-8-12-21-4/h5-7,9-10,14-15H,8,11-13H2,1-4H3,(H,18,20). The van der Waals surface area contributed by atoms with Gasteiger partial charge < -0.3 is 10.1 Å². The SMILES string of the molecule is COCCCN(C)C(C)C(=O)NCC(C)c1ccccc1. The largest absolute Gasteiger partial charge is 0.385 e. The maximum Gasteiger partial charge on any atom is 0.237 e. The molecule has 0 aromatic heterocycles. The molecule has 4 heteroatoms. The van der Waals surface area contributed by atoms with E-state index >= 15 is 0 Å². The topological polar surface area (TPSA) is 41.6 Å². The lowest BCUT2D eigenvalue weighted by Gasteiger charge is -2.24. The van der Waals surface area contributed by atoms with Crippen molar-refractivity contribution in [3.63, 3.8) is 0 Å². The molecule has 2 unspecified atom stereocenters. The fourth-order valence-electron chi connectivity index (χ4n) is 2.15. The average Bonchev–Trinajstić information content (AvgIpc) is 2.52. The van der Waals surface area contributed by atoms with Crippen LogP contribution in [0, 0.1) is 0 Å². The Bertz CT molecular complexity index is 409. The maximum absolute atomic E-state index is 12.2. The van der Waals surface area contributed by atoms with E-state index in [1.807, 2.05) is 32.2 Å². The Morgan fingerprint density at radius 1 is 1.29 bits per heavy atom. The van der Waals surface area contributed by atoms with Crippen LogP contribution in [0.15, 0.2) is 30.3 Å². The van der Waals surface area contributed by atoms with E-state index in [2.05, 4.69) is 29.3 Å². The van der Waals surface area contributed by atoms with Crippen molar-refractivity contribution in [2.45, 2.75) is 32.2 Å². The maximum atomic E-state index is 12.2. The minimum absolute atomic E-state index is 0.0812. The first-order valence-electron chi connectivity index (χ1n) is 7.58. The molecule has 118 valence electrons. The zero-order valence-electron chi connectivity index (χ0n) is 13.6. The summed E-state index contributed by atoms with van der Waals surface area (Å²) in [5.74, 6) is 0.402. The molecule has 1 aromatic carbocycles. The second kappa shape index (κ2) is 9.53. The van der Waals surface area contributed by atoms with Crippen LogP contribution in [0.3, 0.4) is 0 Å². The lowest BCUT2D eigenvalue weighted by Crippen LogP contribution is -2.44. The molecule has 0 bridgehead atoms. The molecule has 0 fully saturated rings. The highest BCUT2D eigenvalue weighted by Gasteiger charge is 2.18. The van der Waals surface area contributed by atoms with Crippen molar-refractivity contribution >= 4 is 5.91 Å². The Morgan fingerprint density at radius 2 is 1.95 bits per heavy atom. The quantitative estimate of drug-likeness (QED) is 0.710. The predicted octanol–water partition coefficient (Wildman–Crippen LogP) is 2.26. The molecule has 0 aliphatic rings. The molecule has 0 heterocycles. The van der Waals surface area contributed by atoms with Crippen LogP contribution >= 0.6 is 0 Å². The number of benzene rings is 1. The molecular weight excluding hydrogens is 264 g/mol. The number of ether oxygens (including phenoxy) is 1. The summed E-state index contributed by atoms with van der Waals surface area (Å²) in [5, 5.41) is 3.04. The van der Waals surface area contributed by atoms with Gasteiger partial charge in [0.1, 0.15) is 0 Å². The van der Waals surface area contributed by atoms with Crippen molar-refractivity contribution in [3.05, 3.63) is 35.9 Å². The van der Waals surface area contributed by atoms with E-state index < -0.39 is 0 Å². The van der Waals surface area contributed by atoms with Crippen LogP contribution < -0.4 is 5.32 Å². The second-order valence-electron chi connectivity index (χ2n) is 5.56. The van der Waals surface area contributed by atoms with Gasteiger partial charge in [-0.3, -0.25) is 9.69 Å². The van der Waals surface area contributed by atoms with E-state index in [0.717, 1.165) is 19.6 Å². The van der Waals surface area contributed by atoms with Gasteiger partial charge in [0.05, 0.1) is 6.04 Å². The number of hydrogen-bond acceptors (Lipinski definition) is 3. The Kier molecular flexibility index (Phi) is 8.01. The van der Waals surface area contributed by atoms with Crippen LogP contribution in [0.5, 0.6) is 0 Å². The number of hydrogen-bond donors (Lipinski definition) is 1. The van der Waals surface area contributed by atoms with Gasteiger partial charge in [0.25, 0.3) is 0 Å². The summed E-state index contributed by atoms with van der Waals surface area (Å²) < 4.78 is 5.03. The molecule has 0 radical (unpaired) electrons. The Balaban J connectivity index is 2.35. The molecule has 2 atom stereocenters. The highest BCUT2D eigenvalue weighted by molar-refractivity contribution is 5.81. The number of carbonyl (C=O) groups is 1. The first-order chi connectivity index (χ1) is 10.1. The number of rotatable bonds is 9. The van der Waals surface area contributed by atoms with Crippen LogP contribution in [-0.2, 0) is 9.53 Å². The van der Waals surface area contributed by atoms with E-state index in [1.54, 1.807) is 7.11 Å². The highest BCUT2D eigenvalue weighted by Crippen LogP contribution is 2.13. The van der Waals surface area contributed by atoms with Crippen molar-refractivity contribution in [2.24, 2.45) is 0 Å². The zero-order valence-corrected chi connectivity index (χ0v) is 13.6. The van der Waals surface area contributed by atoms with Gasteiger partial charge in [-0.25, -0.2) is 0 Å². The Hall–Kier alpha value is -1.39. The summed E-state index contributed by atoms with van der Waals surface area (Å²) >= 11 is 0. The van der Waals surface area contributed by atoms with Gasteiger partial charge in [0.15, 0.2) is 0 Å². The molecule has 1 amide bonds. The minimum atomic E-state index is -0.121. The van der Waals surface area contributed by atoms with Gasteiger partial charge in [-0.2, -0.15) is 0 Å². The average molecular weight is 292 g/mol. The van der Waals surface area contributed by atoms with E-state index in [1.165, 1.54) is 5.56 Å². The summed E-state index contributed by atoms with van der Waals surface area (Å²) in [6.45, 7) is 6.32. The fourth-order valence-corrected chi connectivity index (χ4v) is 2.15. The number of methoxy groups -OCH3 is 1. The van der Waals surface area contributed by atoms with Crippen molar-refractivity contribution < 1.29 is 9.53 Å². The monoisotopic (exact) mass is 292 g/mol. The van der Waals surface area contributed by atoms with Crippen LogP contribution in [0.1, 0.15) is 31.7 Å². The van der Waals surface area contributed by atoms with Crippen LogP contribution in [0.4, 0.5) is 0 Å². The fraction of sp³-hybridized carbons (Fsp3) is 0.588. The third-order valence-electron chi connectivity index (χ3n) is 3.85. The van der Waals surface area contributed by atoms with E-state index in [9.17, 15) is 4.79 Å². The summed E-state index contributed by atoms with van der Waals surface area (Å²) in [6, 6.07) is 10.1. The number of likely N-dealkylation sites (N-methyl/N-ethyl adjacent to an activating group) is 1. The summed E-state index contributed by atoms with van der Waals surface area (Å²) in [7, 11) is 3.67. The van der Waals surface area contributed by atoms with E-state index in [-0.39, 0.29) is 11.9 Å². The second-order valence-corrected chi connectivity index (χ2v) is 5.56. The molecule has 1 N–H and O–H groups in total. The van der Waals surface area contributed by atoms with E-state index in [0.29, 0.717) is 12.5 Å². The van der Waals surface area contributed by atoms with Gasteiger partial charge in [-0.15, -0.1) is 0 Å². The number of carbonyl (C=O) groups excluding carboxylic acids is 1. The molecule has 0 aliphatic carbocycles. The first kappa shape index (κ1) is 17.7. The van der Waals surface area contributed by atoms with Crippen molar-refractivity contribution in [1.82, 2.24) is 10.2 Å². The molecule has 21 heavy (non-hydrogen) atoms. The van der Waals surface area contributed by atoms with Crippen molar-refractivity contribution in [3.8, 4) is 0 Å². The normalized spacial score (nSPS) is 14.0. The third kappa shape index (κ3) is 6.27. The van der Waals surface area contributed by atoms with Crippen LogP contribution in [0.25, 0.3) is 0 Å². The number of amides is 1. The molecule has 0 saturated heterocycles. The molecule has 4 nitrogen and oxygen atoms in total. The van der Waals surface area contributed by atoms with Crippen molar-refractivity contribution in [1.29, 1.82) is 0 Å². The number of nitrogens with zero attached hydrogens (tertiary/aromatic N) is 1. The summed E-state index contributed by atoms with van der Waals surface area (Å²) in [5.41, 5.74) is 1.25. The Morgan fingerprint density at radius 3 is 2.57 bits per heavy atom. The molecule has 0 spiro atoms. The zero-order chi connectivity index (χ0) is 15.7. The molecule has 1 rings (SSSR count). The smallest absolute Gasteiger partial charge is 0.237 e. The number of nitrogens with one attached hydrogen (secondary N) is 1. The Labute approximate surface area is 128 Å². The minimum Gasteiger partial charge on any atom is -0.385 e. The van der Waals surface area contributed by atoms with Gasteiger partial charge in [0.2, 0.25) is 5.91 Å². The van der Waals surface area contributed by atoms with Gasteiger partial charge >= 0.3 is 0 Å². The predicted molar refractivity (Wildman–Crippen MR) is 86.5 cm³/mol. The summed E-state index contributed by atoms with van der Waals surface area (Å²) in [4.78, 5) is 14.2. The van der Waals surface area contributed by atoms with Gasteiger partial charge in [-0.1, -0.05) is 37.3 Å². The molecule has 0 saturated carbocycles. The van der Waals surface area contributed by atoms with Crippen LogP contribution in [-0.4, -0.2) is 50.7 Å². The molecule has 0 aliphatic heterocycles. The summed E-state index contributed by atoms with van der Waals surface area (Å²) in [6.07, 6.45) is 0.936. The van der Waals surface area contributed by atoms with Crippen molar-refractivity contribution in [2.75, 3.05) is 33.9 Å². The van der Waals surface area contributed by atoms with E-state index in [4.69, 9.17) is 4.74 Å². The third-order valence-corrected chi connectivity index (χ3v) is 3.85. The van der Waals surface area contributed by atoms with Gasteiger partial charge in [-0.05, 0) is 31.9 Å². The molecule has 1 aromatic rings.